The summed E-state index contributed by atoms with van der Waals surface area (Å²) in [5.41, 5.74) is 4.57. The van der Waals surface area contributed by atoms with Crippen LogP contribution in [0.4, 0.5) is 0 Å². The van der Waals surface area contributed by atoms with E-state index in [9.17, 15) is 4.79 Å². The minimum absolute atomic E-state index is 0.0682. The third-order valence-corrected chi connectivity index (χ3v) is 3.07. The van der Waals surface area contributed by atoms with E-state index >= 15 is 0 Å². The normalized spacial score (nSPS) is 10.3. The third-order valence-electron chi connectivity index (χ3n) is 2.29. The Bertz CT molecular complexity index is 488. The molecule has 0 spiro atoms. The van der Waals surface area contributed by atoms with Gasteiger partial charge in [-0.05, 0) is 25.5 Å². The fraction of sp³-hybridized carbons (Fsp3) is 0.167. The highest BCUT2D eigenvalue weighted by Gasteiger charge is 2.12. The van der Waals surface area contributed by atoms with Crippen LogP contribution in [-0.4, -0.2) is 10.8 Å². The predicted molar refractivity (Wildman–Crippen MR) is 61.5 cm³/mol. The van der Waals surface area contributed by atoms with Gasteiger partial charge in [0.15, 0.2) is 0 Å². The molecule has 0 saturated heterocycles. The molecule has 0 saturated carbocycles. The van der Waals surface area contributed by atoms with Crippen LogP contribution in [0, 0.1) is 13.8 Å². The fourth-order valence-electron chi connectivity index (χ4n) is 1.44. The molecule has 1 aromatic carbocycles. The lowest BCUT2D eigenvalue weighted by molar-refractivity contribution is 0.104. The Morgan fingerprint density at radius 2 is 2.13 bits per heavy atom. The zero-order chi connectivity index (χ0) is 10.8. The second-order valence-corrected chi connectivity index (χ2v) is 4.40. The summed E-state index contributed by atoms with van der Waals surface area (Å²) in [7, 11) is 0. The molecule has 0 radical (unpaired) electrons. The van der Waals surface area contributed by atoms with Crippen LogP contribution < -0.4 is 0 Å². The van der Waals surface area contributed by atoms with Crippen molar-refractivity contribution in [3.63, 3.8) is 0 Å². The summed E-state index contributed by atoms with van der Waals surface area (Å²) in [6.45, 7) is 3.94. The van der Waals surface area contributed by atoms with Gasteiger partial charge < -0.3 is 0 Å². The zero-order valence-electron chi connectivity index (χ0n) is 8.65. The van der Waals surface area contributed by atoms with Crippen molar-refractivity contribution in [3.05, 3.63) is 51.5 Å². The molecule has 0 unspecified atom stereocenters. The smallest absolute Gasteiger partial charge is 0.204 e. The van der Waals surface area contributed by atoms with E-state index in [-0.39, 0.29) is 5.78 Å². The average molecular weight is 217 g/mol. The fourth-order valence-corrected chi connectivity index (χ4v) is 2.02. The van der Waals surface area contributed by atoms with Gasteiger partial charge in [0.2, 0.25) is 5.78 Å². The SMILES string of the molecule is Cc1ccc(C)c(C(=O)c2cncs2)c1. The van der Waals surface area contributed by atoms with E-state index in [0.717, 1.165) is 16.7 Å². The lowest BCUT2D eigenvalue weighted by Crippen LogP contribution is -2.01. The van der Waals surface area contributed by atoms with Crippen molar-refractivity contribution in [2.24, 2.45) is 0 Å². The quantitative estimate of drug-likeness (QED) is 0.724. The Kier molecular flexibility index (Phi) is 2.64. The van der Waals surface area contributed by atoms with E-state index < -0.39 is 0 Å². The van der Waals surface area contributed by atoms with E-state index in [2.05, 4.69) is 4.98 Å². The lowest BCUT2D eigenvalue weighted by Gasteiger charge is -2.03. The molecule has 0 bridgehead atoms. The van der Waals surface area contributed by atoms with Gasteiger partial charge in [-0.25, -0.2) is 0 Å². The molecule has 15 heavy (non-hydrogen) atoms. The van der Waals surface area contributed by atoms with Crippen LogP contribution in [0.2, 0.25) is 0 Å². The molecule has 3 heteroatoms. The number of hydrogen-bond donors (Lipinski definition) is 0. The first kappa shape index (κ1) is 10.1. The first-order valence-electron chi connectivity index (χ1n) is 4.69. The summed E-state index contributed by atoms with van der Waals surface area (Å²) in [5, 5.41) is 0. The molecule has 0 aliphatic rings. The van der Waals surface area contributed by atoms with Gasteiger partial charge in [0.25, 0.3) is 0 Å². The molecule has 1 heterocycles. The first-order chi connectivity index (χ1) is 7.18. The van der Waals surface area contributed by atoms with E-state index in [4.69, 9.17) is 0 Å². The number of rotatable bonds is 2. The summed E-state index contributed by atoms with van der Waals surface area (Å²) in [4.78, 5) is 16.7. The Labute approximate surface area is 92.6 Å². The van der Waals surface area contributed by atoms with Gasteiger partial charge in [0.05, 0.1) is 10.4 Å². The minimum Gasteiger partial charge on any atom is -0.288 e. The summed E-state index contributed by atoms with van der Waals surface area (Å²) in [6.07, 6.45) is 1.62. The summed E-state index contributed by atoms with van der Waals surface area (Å²) < 4.78 is 0. The number of benzene rings is 1. The standard InChI is InChI=1S/C12H11NOS/c1-8-3-4-9(2)10(5-8)12(14)11-6-13-7-15-11/h3-7H,1-2H3. The molecular formula is C12H11NOS. The van der Waals surface area contributed by atoms with Crippen molar-refractivity contribution in [2.45, 2.75) is 13.8 Å². The Balaban J connectivity index is 2.46. The number of aromatic nitrogens is 1. The van der Waals surface area contributed by atoms with Crippen molar-refractivity contribution in [1.29, 1.82) is 0 Å². The Morgan fingerprint density at radius 1 is 1.33 bits per heavy atom. The second kappa shape index (κ2) is 3.95. The molecule has 0 amide bonds. The van der Waals surface area contributed by atoms with Crippen molar-refractivity contribution in [2.75, 3.05) is 0 Å². The minimum atomic E-state index is 0.0682. The number of hydrogen-bond acceptors (Lipinski definition) is 3. The monoisotopic (exact) mass is 217 g/mol. The molecular weight excluding hydrogens is 206 g/mol. The van der Waals surface area contributed by atoms with E-state index in [0.29, 0.717) is 4.88 Å². The maximum absolute atomic E-state index is 12.1. The number of thiazole rings is 1. The molecule has 0 N–H and O–H groups in total. The molecule has 0 atom stereocenters. The second-order valence-electron chi connectivity index (χ2n) is 3.51. The van der Waals surface area contributed by atoms with Crippen molar-refractivity contribution in [3.8, 4) is 0 Å². The van der Waals surface area contributed by atoms with E-state index in [1.165, 1.54) is 11.3 Å². The van der Waals surface area contributed by atoms with Crippen LogP contribution >= 0.6 is 11.3 Å². The summed E-state index contributed by atoms with van der Waals surface area (Å²) in [6, 6.07) is 5.92. The molecule has 2 nitrogen and oxygen atoms in total. The van der Waals surface area contributed by atoms with Crippen LogP contribution in [0.3, 0.4) is 0 Å². The van der Waals surface area contributed by atoms with Crippen LogP contribution in [0.25, 0.3) is 0 Å². The van der Waals surface area contributed by atoms with Crippen LogP contribution in [0.5, 0.6) is 0 Å². The number of carbonyl (C=O) groups excluding carboxylic acids is 1. The molecule has 0 aliphatic heterocycles. The third kappa shape index (κ3) is 1.97. The highest BCUT2D eigenvalue weighted by Crippen LogP contribution is 2.17. The molecule has 76 valence electrons. The van der Waals surface area contributed by atoms with Crippen molar-refractivity contribution in [1.82, 2.24) is 4.98 Å². The van der Waals surface area contributed by atoms with E-state index in [1.807, 2.05) is 32.0 Å². The van der Waals surface area contributed by atoms with Gasteiger partial charge in [-0.2, -0.15) is 0 Å². The largest absolute Gasteiger partial charge is 0.288 e. The molecule has 0 fully saturated rings. The van der Waals surface area contributed by atoms with Crippen LogP contribution in [0.1, 0.15) is 26.4 Å². The van der Waals surface area contributed by atoms with E-state index in [1.54, 1.807) is 11.7 Å². The number of ketones is 1. The maximum Gasteiger partial charge on any atom is 0.204 e. The van der Waals surface area contributed by atoms with Gasteiger partial charge in [-0.3, -0.25) is 9.78 Å². The Hall–Kier alpha value is -1.48. The summed E-state index contributed by atoms with van der Waals surface area (Å²) >= 11 is 1.38. The topological polar surface area (TPSA) is 30.0 Å². The van der Waals surface area contributed by atoms with Gasteiger partial charge >= 0.3 is 0 Å². The van der Waals surface area contributed by atoms with Crippen molar-refractivity contribution >= 4 is 17.1 Å². The maximum atomic E-state index is 12.1. The van der Waals surface area contributed by atoms with Gasteiger partial charge in [0, 0.05) is 11.8 Å². The molecule has 2 aromatic rings. The van der Waals surface area contributed by atoms with Gasteiger partial charge in [-0.15, -0.1) is 11.3 Å². The molecule has 0 aliphatic carbocycles. The number of carbonyl (C=O) groups is 1. The highest BCUT2D eigenvalue weighted by atomic mass is 32.1. The highest BCUT2D eigenvalue weighted by molar-refractivity contribution is 7.11. The van der Waals surface area contributed by atoms with Gasteiger partial charge in [-0.1, -0.05) is 17.7 Å². The average Bonchev–Trinajstić information content (AvgIpc) is 2.74. The predicted octanol–water partition coefficient (Wildman–Crippen LogP) is 2.99. The summed E-state index contributed by atoms with van der Waals surface area (Å²) in [5.74, 6) is 0.0682. The molecule has 1 aromatic heterocycles. The van der Waals surface area contributed by atoms with Crippen LogP contribution in [-0.2, 0) is 0 Å². The number of aryl methyl sites for hydroxylation is 2. The Morgan fingerprint density at radius 3 is 2.80 bits per heavy atom. The zero-order valence-corrected chi connectivity index (χ0v) is 9.47. The first-order valence-corrected chi connectivity index (χ1v) is 5.57. The van der Waals surface area contributed by atoms with Crippen LogP contribution in [0.15, 0.2) is 29.9 Å². The lowest BCUT2D eigenvalue weighted by atomic mass is 10.0. The van der Waals surface area contributed by atoms with Crippen molar-refractivity contribution < 1.29 is 4.79 Å². The van der Waals surface area contributed by atoms with Gasteiger partial charge in [0.1, 0.15) is 0 Å². The molecule has 2 rings (SSSR count). The number of nitrogens with zero attached hydrogens (tertiary/aromatic N) is 1.